The Morgan fingerprint density at radius 3 is 1.74 bits per heavy atom. The first-order valence-corrected chi connectivity index (χ1v) is 11.8. The maximum atomic E-state index is 14.3. The summed E-state index contributed by atoms with van der Waals surface area (Å²) in [5.74, 6) is -0.294. The molecule has 0 aliphatic heterocycles. The Balaban J connectivity index is 1.56. The first kappa shape index (κ1) is 22.9. The van der Waals surface area contributed by atoms with Gasteiger partial charge in [0.2, 0.25) is 0 Å². The van der Waals surface area contributed by atoms with Gasteiger partial charge in [-0.05, 0) is 42.7 Å². The fourth-order valence-corrected chi connectivity index (χ4v) is 4.77. The Bertz CT molecular complexity index is 1300. The Morgan fingerprint density at radius 2 is 1.23 bits per heavy atom. The quantitative estimate of drug-likeness (QED) is 0.236. The van der Waals surface area contributed by atoms with Gasteiger partial charge in [-0.1, -0.05) is 91.0 Å². The van der Waals surface area contributed by atoms with Crippen molar-refractivity contribution in [2.75, 3.05) is 11.9 Å². The maximum absolute atomic E-state index is 14.3. The van der Waals surface area contributed by atoms with Crippen molar-refractivity contribution in [2.24, 2.45) is 0 Å². The molecule has 0 atom stereocenters. The summed E-state index contributed by atoms with van der Waals surface area (Å²) in [5.41, 5.74) is 3.72. The van der Waals surface area contributed by atoms with Crippen molar-refractivity contribution < 1.29 is 8.81 Å². The average Bonchev–Trinajstić information content (AvgIpc) is 3.35. The Kier molecular flexibility index (Phi) is 6.14. The molecule has 4 heteroatoms. The van der Waals surface area contributed by atoms with E-state index in [1.165, 1.54) is 12.1 Å². The van der Waals surface area contributed by atoms with E-state index in [2.05, 4.69) is 97.3 Å². The van der Waals surface area contributed by atoms with Gasteiger partial charge in [-0.25, -0.2) is 4.39 Å². The number of benzene rings is 4. The number of anilines is 1. The summed E-state index contributed by atoms with van der Waals surface area (Å²) in [6, 6.07) is 36.2. The Morgan fingerprint density at radius 1 is 0.714 bits per heavy atom. The van der Waals surface area contributed by atoms with Gasteiger partial charge in [0.25, 0.3) is 0 Å². The van der Waals surface area contributed by atoms with Crippen LogP contribution in [0.1, 0.15) is 30.5 Å². The summed E-state index contributed by atoms with van der Waals surface area (Å²) < 4.78 is 19.9. The van der Waals surface area contributed by atoms with Crippen molar-refractivity contribution in [3.05, 3.63) is 138 Å². The normalized spacial score (nSPS) is 12.1. The largest absolute Gasteiger partial charge is 0.462 e. The van der Waals surface area contributed by atoms with Crippen LogP contribution in [0.3, 0.4) is 0 Å². The number of hydrogen-bond acceptors (Lipinski definition) is 3. The predicted molar refractivity (Wildman–Crippen MR) is 141 cm³/mol. The van der Waals surface area contributed by atoms with Crippen LogP contribution in [0.25, 0.3) is 11.0 Å². The number of fused-ring (bicyclic) bond motifs is 1. The summed E-state index contributed by atoms with van der Waals surface area (Å²) in [6.45, 7) is 4.79. The van der Waals surface area contributed by atoms with Gasteiger partial charge in [-0.3, -0.25) is 5.32 Å². The lowest BCUT2D eigenvalue weighted by Gasteiger charge is -2.40. The van der Waals surface area contributed by atoms with Gasteiger partial charge < -0.3 is 9.73 Å². The topological polar surface area (TPSA) is 37.2 Å². The number of rotatable bonds is 8. The smallest absolute Gasteiger partial charge is 0.157 e. The lowest BCUT2D eigenvalue weighted by Crippen LogP contribution is -2.52. The molecule has 4 aromatic carbocycles. The third-order valence-corrected chi connectivity index (χ3v) is 6.40. The highest BCUT2D eigenvalue weighted by atomic mass is 19.1. The minimum Gasteiger partial charge on any atom is -0.462 e. The Labute approximate surface area is 205 Å². The fraction of sp³-hybridized carbons (Fsp3) is 0.161. The molecule has 0 fully saturated rings. The van der Waals surface area contributed by atoms with Gasteiger partial charge in [-0.2, -0.15) is 0 Å². The second-order valence-corrected chi connectivity index (χ2v) is 9.50. The monoisotopic (exact) mass is 464 g/mol. The van der Waals surface area contributed by atoms with Crippen LogP contribution < -0.4 is 10.6 Å². The van der Waals surface area contributed by atoms with Crippen molar-refractivity contribution in [1.29, 1.82) is 0 Å². The van der Waals surface area contributed by atoms with Crippen LogP contribution in [-0.2, 0) is 5.54 Å². The zero-order valence-electron chi connectivity index (χ0n) is 20.0. The van der Waals surface area contributed by atoms with E-state index in [9.17, 15) is 4.39 Å². The summed E-state index contributed by atoms with van der Waals surface area (Å²) in [4.78, 5) is 0. The van der Waals surface area contributed by atoms with Crippen molar-refractivity contribution >= 4 is 16.7 Å². The van der Waals surface area contributed by atoms with E-state index in [0.29, 0.717) is 17.8 Å². The standard InChI is InChI=1S/C31H29FN2O/c1-30(2,34-28-21-27(32)20-23-18-19-35-29(23)28)22-33-31(24-12-6-3-7-13-24,25-14-8-4-9-15-25)26-16-10-5-11-17-26/h3-21,33-34H,22H2,1-2H3. The summed E-state index contributed by atoms with van der Waals surface area (Å²) in [7, 11) is 0. The lowest BCUT2D eigenvalue weighted by atomic mass is 9.76. The second-order valence-electron chi connectivity index (χ2n) is 9.50. The third-order valence-electron chi connectivity index (χ3n) is 6.40. The van der Waals surface area contributed by atoms with E-state index >= 15 is 0 Å². The van der Waals surface area contributed by atoms with E-state index in [0.717, 1.165) is 22.1 Å². The molecule has 5 aromatic rings. The van der Waals surface area contributed by atoms with E-state index in [4.69, 9.17) is 4.42 Å². The van der Waals surface area contributed by atoms with Crippen LogP contribution in [0.15, 0.2) is 120 Å². The zero-order valence-corrected chi connectivity index (χ0v) is 20.0. The highest BCUT2D eigenvalue weighted by molar-refractivity contribution is 5.89. The summed E-state index contributed by atoms with van der Waals surface area (Å²) >= 11 is 0. The number of nitrogens with one attached hydrogen (secondary N) is 2. The van der Waals surface area contributed by atoms with Crippen molar-refractivity contribution in [3.8, 4) is 0 Å². The predicted octanol–water partition coefficient (Wildman–Crippen LogP) is 7.34. The number of hydrogen-bond donors (Lipinski definition) is 2. The first-order valence-electron chi connectivity index (χ1n) is 11.8. The fourth-order valence-electron chi connectivity index (χ4n) is 4.77. The van der Waals surface area contributed by atoms with Crippen molar-refractivity contribution in [1.82, 2.24) is 5.32 Å². The molecule has 0 unspecified atom stereocenters. The molecule has 0 radical (unpaired) electrons. The molecule has 1 heterocycles. The van der Waals surface area contributed by atoms with Gasteiger partial charge >= 0.3 is 0 Å². The van der Waals surface area contributed by atoms with Crippen LogP contribution in [0.2, 0.25) is 0 Å². The molecule has 0 saturated carbocycles. The minimum atomic E-state index is -0.579. The minimum absolute atomic E-state index is 0.294. The molecule has 0 amide bonds. The Hall–Kier alpha value is -3.89. The van der Waals surface area contributed by atoms with E-state index in [-0.39, 0.29) is 5.82 Å². The maximum Gasteiger partial charge on any atom is 0.157 e. The van der Waals surface area contributed by atoms with E-state index in [1.54, 1.807) is 12.3 Å². The van der Waals surface area contributed by atoms with Crippen LogP contribution in [-0.4, -0.2) is 12.1 Å². The molecular formula is C31H29FN2O. The number of furan rings is 1. The molecular weight excluding hydrogens is 435 g/mol. The molecule has 3 nitrogen and oxygen atoms in total. The van der Waals surface area contributed by atoms with E-state index < -0.39 is 11.1 Å². The highest BCUT2D eigenvalue weighted by Gasteiger charge is 2.37. The van der Waals surface area contributed by atoms with Gasteiger partial charge in [0, 0.05) is 23.5 Å². The molecule has 0 aliphatic rings. The molecule has 5 rings (SSSR count). The van der Waals surface area contributed by atoms with Crippen LogP contribution in [0, 0.1) is 5.82 Å². The summed E-state index contributed by atoms with van der Waals surface area (Å²) in [5, 5.41) is 8.17. The molecule has 0 spiro atoms. The zero-order chi connectivity index (χ0) is 24.3. The van der Waals surface area contributed by atoms with Crippen LogP contribution in [0.4, 0.5) is 10.1 Å². The van der Waals surface area contributed by atoms with Crippen LogP contribution in [0.5, 0.6) is 0 Å². The van der Waals surface area contributed by atoms with Gasteiger partial charge in [-0.15, -0.1) is 0 Å². The first-order chi connectivity index (χ1) is 17.0. The highest BCUT2D eigenvalue weighted by Crippen LogP contribution is 2.37. The molecule has 2 N–H and O–H groups in total. The SMILES string of the molecule is CC(C)(CNC(c1ccccc1)(c1ccccc1)c1ccccc1)Nc1cc(F)cc2ccoc12. The van der Waals surface area contributed by atoms with Gasteiger partial charge in [0.1, 0.15) is 5.82 Å². The second kappa shape index (κ2) is 9.40. The molecule has 0 saturated heterocycles. The average molecular weight is 465 g/mol. The van der Waals surface area contributed by atoms with Gasteiger partial charge in [0.15, 0.2) is 5.58 Å². The van der Waals surface area contributed by atoms with Crippen LogP contribution >= 0.6 is 0 Å². The lowest BCUT2D eigenvalue weighted by molar-refractivity contribution is 0.407. The number of halogens is 1. The van der Waals surface area contributed by atoms with Crippen molar-refractivity contribution in [2.45, 2.75) is 24.9 Å². The molecule has 0 bridgehead atoms. The molecule has 176 valence electrons. The third kappa shape index (κ3) is 4.58. The van der Waals surface area contributed by atoms with Gasteiger partial charge in [0.05, 0.1) is 17.5 Å². The molecule has 1 aromatic heterocycles. The molecule has 0 aliphatic carbocycles. The summed E-state index contributed by atoms with van der Waals surface area (Å²) in [6.07, 6.45) is 1.59. The van der Waals surface area contributed by atoms with E-state index in [1.807, 2.05) is 18.2 Å². The molecule has 35 heavy (non-hydrogen) atoms. The van der Waals surface area contributed by atoms with Crippen molar-refractivity contribution in [3.63, 3.8) is 0 Å².